The second-order valence-corrected chi connectivity index (χ2v) is 17.0. The third-order valence-electron chi connectivity index (χ3n) is 12.3. The molecule has 13 rings (SSSR count). The van der Waals surface area contributed by atoms with Gasteiger partial charge in [-0.05, 0) is 71.3 Å². The molecular weight excluding hydrogens is 789 g/mol. The van der Waals surface area contributed by atoms with Gasteiger partial charge in [-0.2, -0.15) is 0 Å². The van der Waals surface area contributed by atoms with Gasteiger partial charge in [0.2, 0.25) is 0 Å². The maximum Gasteiger partial charge on any atom is 0.164 e. The van der Waals surface area contributed by atoms with E-state index in [1.165, 1.54) is 64.2 Å². The van der Waals surface area contributed by atoms with Crippen molar-refractivity contribution in [3.8, 4) is 62.1 Å². The summed E-state index contributed by atoms with van der Waals surface area (Å²) in [6, 6.07) is 72.9. The van der Waals surface area contributed by atoms with Crippen LogP contribution in [0.4, 0.5) is 0 Å². The lowest BCUT2D eigenvalue weighted by molar-refractivity contribution is 0.669. The Bertz CT molecular complexity index is 3920. The Morgan fingerprint density at radius 2 is 0.952 bits per heavy atom. The van der Waals surface area contributed by atoms with Crippen LogP contribution >= 0.6 is 11.3 Å². The normalized spacial score (nSPS) is 11.8. The average Bonchev–Trinajstić information content (AvgIpc) is 4.03. The molecule has 294 valence electrons. The van der Waals surface area contributed by atoms with Crippen molar-refractivity contribution in [2.75, 3.05) is 0 Å². The minimum atomic E-state index is 0.598. The SMILES string of the molecule is c1ccc(-c2nc(-c3ccc4c(c3)oc3ccccc34)nc(-c3ccc4c(c3)sc3ccc(-c5ccccc5-c5cccc6c7ccccc7n(-c7ccccc7)c56)cc34)n2)cc1. The van der Waals surface area contributed by atoms with Crippen molar-refractivity contribution < 1.29 is 4.42 Å². The monoisotopic (exact) mass is 822 g/mol. The lowest BCUT2D eigenvalue weighted by atomic mass is 9.92. The summed E-state index contributed by atoms with van der Waals surface area (Å²) in [5.41, 5.74) is 12.7. The number of hydrogen-bond donors (Lipinski definition) is 0. The van der Waals surface area contributed by atoms with Gasteiger partial charge in [-0.15, -0.1) is 11.3 Å². The van der Waals surface area contributed by atoms with Crippen LogP contribution in [0.15, 0.2) is 211 Å². The lowest BCUT2D eigenvalue weighted by Gasteiger charge is -2.15. The quantitative estimate of drug-likeness (QED) is 0.168. The van der Waals surface area contributed by atoms with Crippen LogP contribution in [0.5, 0.6) is 0 Å². The van der Waals surface area contributed by atoms with Crippen molar-refractivity contribution in [1.82, 2.24) is 19.5 Å². The van der Waals surface area contributed by atoms with Crippen LogP contribution in [0, 0.1) is 0 Å². The summed E-state index contributed by atoms with van der Waals surface area (Å²) in [7, 11) is 0. The van der Waals surface area contributed by atoms with Gasteiger partial charge >= 0.3 is 0 Å². The molecule has 0 bridgehead atoms. The van der Waals surface area contributed by atoms with Gasteiger partial charge in [-0.25, -0.2) is 15.0 Å². The van der Waals surface area contributed by atoms with E-state index in [1.54, 1.807) is 11.3 Å². The van der Waals surface area contributed by atoms with Crippen LogP contribution in [0.2, 0.25) is 0 Å². The zero-order valence-corrected chi connectivity index (χ0v) is 34.6. The molecule has 63 heavy (non-hydrogen) atoms. The molecule has 0 fully saturated rings. The van der Waals surface area contributed by atoms with E-state index >= 15 is 0 Å². The van der Waals surface area contributed by atoms with Crippen molar-refractivity contribution in [1.29, 1.82) is 0 Å². The van der Waals surface area contributed by atoms with Gasteiger partial charge in [0, 0.05) is 69.7 Å². The summed E-state index contributed by atoms with van der Waals surface area (Å²) in [5.74, 6) is 1.85. The maximum absolute atomic E-state index is 6.27. The first-order valence-electron chi connectivity index (χ1n) is 21.1. The van der Waals surface area contributed by atoms with E-state index in [-0.39, 0.29) is 0 Å². The molecule has 0 spiro atoms. The first kappa shape index (κ1) is 35.6. The van der Waals surface area contributed by atoms with Crippen molar-refractivity contribution in [3.63, 3.8) is 0 Å². The van der Waals surface area contributed by atoms with Crippen molar-refractivity contribution >= 4 is 75.3 Å². The Morgan fingerprint density at radius 1 is 0.349 bits per heavy atom. The highest BCUT2D eigenvalue weighted by Gasteiger charge is 2.20. The molecule has 0 saturated heterocycles. The van der Waals surface area contributed by atoms with E-state index in [4.69, 9.17) is 19.4 Å². The maximum atomic E-state index is 6.27. The summed E-state index contributed by atoms with van der Waals surface area (Å²) < 4.78 is 11.1. The van der Waals surface area contributed by atoms with Crippen LogP contribution in [-0.4, -0.2) is 19.5 Å². The van der Waals surface area contributed by atoms with E-state index in [0.29, 0.717) is 17.5 Å². The molecule has 0 aliphatic heterocycles. The van der Waals surface area contributed by atoms with Gasteiger partial charge in [0.1, 0.15) is 11.2 Å². The van der Waals surface area contributed by atoms with Crippen LogP contribution in [-0.2, 0) is 0 Å². The molecule has 4 heterocycles. The molecule has 9 aromatic carbocycles. The summed E-state index contributed by atoms with van der Waals surface area (Å²) in [5, 5.41) is 7.08. The number of thiophene rings is 1. The van der Waals surface area contributed by atoms with Crippen molar-refractivity contribution in [3.05, 3.63) is 206 Å². The number of rotatable bonds is 6. The second-order valence-electron chi connectivity index (χ2n) is 15.9. The zero-order chi connectivity index (χ0) is 41.4. The Labute approximate surface area is 365 Å². The third kappa shape index (κ3) is 5.80. The predicted molar refractivity (Wildman–Crippen MR) is 262 cm³/mol. The van der Waals surface area contributed by atoms with Gasteiger partial charge in [0.15, 0.2) is 17.5 Å². The molecule has 0 amide bonds. The smallest absolute Gasteiger partial charge is 0.164 e. The fourth-order valence-corrected chi connectivity index (χ4v) is 10.5. The number of hydrogen-bond acceptors (Lipinski definition) is 5. The summed E-state index contributed by atoms with van der Waals surface area (Å²) >= 11 is 1.80. The molecule has 0 radical (unpaired) electrons. The standard InChI is InChI=1S/C57H34N4OS/c1-3-14-35(15-4-1)55-58-56(37-26-29-44-43-21-10-12-25-50(43)62-51(44)33-37)60-57(59-55)38-27-30-45-48-32-36(28-31-52(48)63-53(45)34-38)40-18-7-8-19-41(40)46-22-13-23-47-42-20-9-11-24-49(42)61(54(46)47)39-16-5-2-6-17-39/h1-34H. The molecular formula is C57H34N4OS. The number of furan rings is 1. The number of aromatic nitrogens is 4. The highest BCUT2D eigenvalue weighted by Crippen LogP contribution is 2.44. The lowest BCUT2D eigenvalue weighted by Crippen LogP contribution is -2.00. The summed E-state index contributed by atoms with van der Waals surface area (Å²) in [6.07, 6.45) is 0. The van der Waals surface area contributed by atoms with E-state index in [9.17, 15) is 0 Å². The van der Waals surface area contributed by atoms with Crippen LogP contribution in [0.3, 0.4) is 0 Å². The Balaban J connectivity index is 0.930. The molecule has 0 N–H and O–H groups in total. The number of para-hydroxylation sites is 4. The molecule has 13 aromatic rings. The van der Waals surface area contributed by atoms with Gasteiger partial charge in [-0.1, -0.05) is 152 Å². The molecule has 4 aromatic heterocycles. The fraction of sp³-hybridized carbons (Fsp3) is 0. The first-order chi connectivity index (χ1) is 31.2. The van der Waals surface area contributed by atoms with Gasteiger partial charge in [-0.3, -0.25) is 0 Å². The van der Waals surface area contributed by atoms with Gasteiger partial charge in [0.05, 0.1) is 11.0 Å². The highest BCUT2D eigenvalue weighted by molar-refractivity contribution is 7.25. The molecule has 6 heteroatoms. The highest BCUT2D eigenvalue weighted by atomic mass is 32.1. The number of benzene rings is 9. The number of nitrogens with zero attached hydrogens (tertiary/aromatic N) is 4. The molecule has 0 atom stereocenters. The predicted octanol–water partition coefficient (Wildman–Crippen LogP) is 15.6. The minimum Gasteiger partial charge on any atom is -0.456 e. The van der Waals surface area contributed by atoms with Gasteiger partial charge < -0.3 is 8.98 Å². The summed E-state index contributed by atoms with van der Waals surface area (Å²) in [6.45, 7) is 0. The zero-order valence-electron chi connectivity index (χ0n) is 33.7. The van der Waals surface area contributed by atoms with Crippen molar-refractivity contribution in [2.45, 2.75) is 0 Å². The fourth-order valence-electron chi connectivity index (χ4n) is 9.35. The second kappa shape index (κ2) is 14.2. The van der Waals surface area contributed by atoms with E-state index in [1.807, 2.05) is 54.6 Å². The topological polar surface area (TPSA) is 56.7 Å². The molecule has 5 nitrogen and oxygen atoms in total. The van der Waals surface area contributed by atoms with E-state index in [2.05, 4.69) is 156 Å². The molecule has 0 saturated carbocycles. The van der Waals surface area contributed by atoms with Gasteiger partial charge in [0.25, 0.3) is 0 Å². The molecule has 0 aliphatic carbocycles. The molecule has 0 aliphatic rings. The molecule has 0 unspecified atom stereocenters. The Hall–Kier alpha value is -8.19. The average molecular weight is 823 g/mol. The van der Waals surface area contributed by atoms with Crippen molar-refractivity contribution in [2.24, 2.45) is 0 Å². The van der Waals surface area contributed by atoms with Crippen LogP contribution in [0.25, 0.3) is 126 Å². The van der Waals surface area contributed by atoms with Crippen LogP contribution in [0.1, 0.15) is 0 Å². The van der Waals surface area contributed by atoms with E-state index in [0.717, 1.165) is 44.3 Å². The summed E-state index contributed by atoms with van der Waals surface area (Å²) in [4.78, 5) is 15.2. The first-order valence-corrected chi connectivity index (χ1v) is 21.9. The third-order valence-corrected chi connectivity index (χ3v) is 13.4. The number of fused-ring (bicyclic) bond motifs is 9. The van der Waals surface area contributed by atoms with E-state index < -0.39 is 0 Å². The van der Waals surface area contributed by atoms with Crippen LogP contribution < -0.4 is 0 Å². The minimum absolute atomic E-state index is 0.598. The Morgan fingerprint density at radius 3 is 1.78 bits per heavy atom. The Kier molecular flexibility index (Phi) is 8.01. The largest absolute Gasteiger partial charge is 0.456 e.